The van der Waals surface area contributed by atoms with Crippen LogP contribution >= 0.6 is 0 Å². The Labute approximate surface area is 232 Å². The molecule has 2 aromatic rings. The zero-order chi connectivity index (χ0) is 26.4. The molecular formula is C37H60. The highest BCUT2D eigenvalue weighted by Crippen LogP contribution is 2.25. The van der Waals surface area contributed by atoms with E-state index in [0.29, 0.717) is 0 Å². The zero-order valence-corrected chi connectivity index (χ0v) is 25.1. The quantitative estimate of drug-likeness (QED) is 0.132. The second-order valence-electron chi connectivity index (χ2n) is 11.6. The second-order valence-corrected chi connectivity index (χ2v) is 11.6. The molecule has 0 bridgehead atoms. The molecule has 0 radical (unpaired) electrons. The van der Waals surface area contributed by atoms with Crippen LogP contribution in [0.5, 0.6) is 0 Å². The topological polar surface area (TPSA) is 0 Å². The van der Waals surface area contributed by atoms with Gasteiger partial charge in [0.05, 0.1) is 0 Å². The predicted molar refractivity (Wildman–Crippen MR) is 167 cm³/mol. The highest BCUT2D eigenvalue weighted by atomic mass is 14.2. The lowest BCUT2D eigenvalue weighted by atomic mass is 9.88. The van der Waals surface area contributed by atoms with Crippen LogP contribution in [0.25, 0.3) is 0 Å². The van der Waals surface area contributed by atoms with Crippen molar-refractivity contribution in [3.05, 3.63) is 70.3 Å². The van der Waals surface area contributed by atoms with Crippen LogP contribution in [-0.4, -0.2) is 0 Å². The van der Waals surface area contributed by atoms with E-state index in [2.05, 4.69) is 63.2 Å². The Morgan fingerprint density at radius 3 is 1.32 bits per heavy atom. The standard InChI is InChI=1S/C37H60/c1-4-7-10-13-16-19-25-33-26-22-23-28-35(33)32-36-30-24-29-34(27-20-17-14-11-8-5-2)37(36)31-21-18-15-12-9-6-3/h22-24,26,28-30H,4-21,25,27,31-32H2,1-3H3. The fourth-order valence-corrected chi connectivity index (χ4v) is 5.86. The summed E-state index contributed by atoms with van der Waals surface area (Å²) in [6.45, 7) is 6.93. The van der Waals surface area contributed by atoms with Crippen molar-refractivity contribution in [1.82, 2.24) is 0 Å². The third kappa shape index (κ3) is 13.7. The van der Waals surface area contributed by atoms with E-state index < -0.39 is 0 Å². The van der Waals surface area contributed by atoms with Gasteiger partial charge in [-0.25, -0.2) is 0 Å². The van der Waals surface area contributed by atoms with Crippen molar-refractivity contribution in [2.24, 2.45) is 0 Å². The Morgan fingerprint density at radius 1 is 0.351 bits per heavy atom. The minimum absolute atomic E-state index is 1.11. The minimum Gasteiger partial charge on any atom is -0.0654 e. The molecule has 2 aromatic carbocycles. The van der Waals surface area contributed by atoms with Crippen LogP contribution in [0, 0.1) is 0 Å². The molecule has 0 saturated heterocycles. The van der Waals surface area contributed by atoms with Gasteiger partial charge >= 0.3 is 0 Å². The van der Waals surface area contributed by atoms with Gasteiger partial charge in [-0.3, -0.25) is 0 Å². The summed E-state index contributed by atoms with van der Waals surface area (Å²) in [5.41, 5.74) is 8.10. The summed E-state index contributed by atoms with van der Waals surface area (Å²) in [6, 6.07) is 16.6. The maximum Gasteiger partial charge on any atom is -0.00202 e. The molecule has 2 rings (SSSR count). The average Bonchev–Trinajstić information content (AvgIpc) is 2.92. The van der Waals surface area contributed by atoms with Gasteiger partial charge in [0.2, 0.25) is 0 Å². The summed E-state index contributed by atoms with van der Waals surface area (Å²) in [4.78, 5) is 0. The first kappa shape index (κ1) is 31.7. The van der Waals surface area contributed by atoms with Gasteiger partial charge in [-0.15, -0.1) is 0 Å². The normalized spacial score (nSPS) is 11.3. The largest absolute Gasteiger partial charge is 0.0654 e. The van der Waals surface area contributed by atoms with E-state index >= 15 is 0 Å². The van der Waals surface area contributed by atoms with E-state index in [-0.39, 0.29) is 0 Å². The van der Waals surface area contributed by atoms with E-state index in [9.17, 15) is 0 Å². The van der Waals surface area contributed by atoms with Gasteiger partial charge in [0.25, 0.3) is 0 Å². The van der Waals surface area contributed by atoms with E-state index in [0.717, 1.165) is 6.42 Å². The molecular weight excluding hydrogens is 444 g/mol. The molecule has 0 aromatic heterocycles. The van der Waals surface area contributed by atoms with Crippen molar-refractivity contribution in [1.29, 1.82) is 0 Å². The van der Waals surface area contributed by atoms with Gasteiger partial charge in [0.1, 0.15) is 0 Å². The molecule has 0 spiro atoms. The Balaban J connectivity index is 2.05. The smallest absolute Gasteiger partial charge is 0.00202 e. The molecule has 0 aliphatic heterocycles. The second kappa shape index (κ2) is 21.4. The third-order valence-corrected chi connectivity index (χ3v) is 8.25. The van der Waals surface area contributed by atoms with Gasteiger partial charge in [-0.1, -0.05) is 160 Å². The van der Waals surface area contributed by atoms with E-state index in [1.807, 2.05) is 0 Å². The average molecular weight is 505 g/mol. The van der Waals surface area contributed by atoms with Crippen LogP contribution in [-0.2, 0) is 25.7 Å². The Morgan fingerprint density at radius 2 is 0.757 bits per heavy atom. The van der Waals surface area contributed by atoms with Crippen LogP contribution < -0.4 is 0 Å². The van der Waals surface area contributed by atoms with Crippen molar-refractivity contribution in [2.45, 2.75) is 162 Å². The maximum absolute atomic E-state index is 2.45. The number of aryl methyl sites for hydroxylation is 2. The molecule has 0 N–H and O–H groups in total. The van der Waals surface area contributed by atoms with Crippen LogP contribution in [0.2, 0.25) is 0 Å². The Hall–Kier alpha value is -1.56. The number of benzene rings is 2. The summed E-state index contributed by atoms with van der Waals surface area (Å²) < 4.78 is 0. The van der Waals surface area contributed by atoms with Crippen molar-refractivity contribution < 1.29 is 0 Å². The number of unbranched alkanes of at least 4 members (excludes halogenated alkanes) is 15. The van der Waals surface area contributed by atoms with E-state index in [1.54, 1.807) is 27.8 Å². The number of hydrogen-bond acceptors (Lipinski definition) is 0. The van der Waals surface area contributed by atoms with Crippen LogP contribution in [0.4, 0.5) is 0 Å². The SMILES string of the molecule is CCCCCCCCc1ccccc1Cc1cccc(CCCCCCCC)c1CCCCCCCC. The van der Waals surface area contributed by atoms with Gasteiger partial charge in [0, 0.05) is 0 Å². The summed E-state index contributed by atoms with van der Waals surface area (Å²) in [5, 5.41) is 0. The Bertz CT molecular complexity index is 801. The van der Waals surface area contributed by atoms with Gasteiger partial charge < -0.3 is 0 Å². The first-order chi connectivity index (χ1) is 18.3. The van der Waals surface area contributed by atoms with Crippen LogP contribution in [0.1, 0.15) is 164 Å². The molecule has 0 aliphatic rings. The highest BCUT2D eigenvalue weighted by Gasteiger charge is 2.11. The van der Waals surface area contributed by atoms with Gasteiger partial charge in [-0.05, 0) is 72.8 Å². The highest BCUT2D eigenvalue weighted by molar-refractivity contribution is 5.41. The monoisotopic (exact) mass is 504 g/mol. The summed E-state index contributed by atoms with van der Waals surface area (Å²) >= 11 is 0. The van der Waals surface area contributed by atoms with Crippen molar-refractivity contribution in [2.75, 3.05) is 0 Å². The lowest BCUT2D eigenvalue weighted by molar-refractivity contribution is 0.598. The molecule has 37 heavy (non-hydrogen) atoms. The van der Waals surface area contributed by atoms with Crippen molar-refractivity contribution >= 4 is 0 Å². The van der Waals surface area contributed by atoms with Gasteiger partial charge in [-0.2, -0.15) is 0 Å². The zero-order valence-electron chi connectivity index (χ0n) is 25.1. The first-order valence-electron chi connectivity index (χ1n) is 16.5. The molecule has 0 atom stereocenters. The summed E-state index contributed by atoms with van der Waals surface area (Å²) in [6.07, 6.45) is 29.7. The molecule has 0 heteroatoms. The minimum atomic E-state index is 1.11. The van der Waals surface area contributed by atoms with E-state index in [4.69, 9.17) is 0 Å². The van der Waals surface area contributed by atoms with Crippen LogP contribution in [0.15, 0.2) is 42.5 Å². The molecule has 208 valence electrons. The number of rotatable bonds is 23. The maximum atomic E-state index is 2.45. The molecule has 0 nitrogen and oxygen atoms in total. The fraction of sp³-hybridized carbons (Fsp3) is 0.676. The van der Waals surface area contributed by atoms with E-state index in [1.165, 1.54) is 135 Å². The fourth-order valence-electron chi connectivity index (χ4n) is 5.86. The third-order valence-electron chi connectivity index (χ3n) is 8.25. The predicted octanol–water partition coefficient (Wildman–Crippen LogP) is 12.0. The molecule has 0 aliphatic carbocycles. The van der Waals surface area contributed by atoms with Crippen LogP contribution in [0.3, 0.4) is 0 Å². The molecule has 0 saturated carbocycles. The molecule has 0 heterocycles. The first-order valence-corrected chi connectivity index (χ1v) is 16.5. The van der Waals surface area contributed by atoms with Gasteiger partial charge in [0.15, 0.2) is 0 Å². The molecule has 0 fully saturated rings. The summed E-state index contributed by atoms with van der Waals surface area (Å²) in [7, 11) is 0. The Kier molecular flexibility index (Phi) is 18.3. The number of hydrogen-bond donors (Lipinski definition) is 0. The lowest BCUT2D eigenvalue weighted by Crippen LogP contribution is -2.04. The molecule has 0 amide bonds. The molecule has 0 unspecified atom stereocenters. The van der Waals surface area contributed by atoms with Crippen molar-refractivity contribution in [3.8, 4) is 0 Å². The lowest BCUT2D eigenvalue weighted by Gasteiger charge is -2.17. The summed E-state index contributed by atoms with van der Waals surface area (Å²) in [5.74, 6) is 0. The van der Waals surface area contributed by atoms with Crippen molar-refractivity contribution in [3.63, 3.8) is 0 Å².